The molecule has 3 aromatic rings. The Balaban J connectivity index is 1.92. The summed E-state index contributed by atoms with van der Waals surface area (Å²) in [6.45, 7) is 2.18. The third-order valence-corrected chi connectivity index (χ3v) is 5.19. The number of rotatable bonds is 4. The van der Waals surface area contributed by atoms with Crippen LogP contribution in [-0.2, 0) is 19.3 Å². The Hall–Kier alpha value is -2.55. The van der Waals surface area contributed by atoms with Crippen molar-refractivity contribution in [1.82, 2.24) is 0 Å². The van der Waals surface area contributed by atoms with Gasteiger partial charge in [0.1, 0.15) is 11.3 Å². The van der Waals surface area contributed by atoms with E-state index in [2.05, 4.69) is 19.1 Å². The van der Waals surface area contributed by atoms with Gasteiger partial charge in [-0.15, -0.1) is 0 Å². The molecule has 25 heavy (non-hydrogen) atoms. The minimum absolute atomic E-state index is 0.165. The van der Waals surface area contributed by atoms with Gasteiger partial charge in [-0.3, -0.25) is 0 Å². The molecule has 0 spiro atoms. The van der Waals surface area contributed by atoms with E-state index < -0.39 is 0 Å². The van der Waals surface area contributed by atoms with Crippen LogP contribution in [-0.4, -0.2) is 5.11 Å². The van der Waals surface area contributed by atoms with Crippen molar-refractivity contribution in [2.24, 2.45) is 0 Å². The Bertz CT molecular complexity index is 998. The van der Waals surface area contributed by atoms with E-state index in [9.17, 15) is 9.90 Å². The number of hydrogen-bond donors (Lipinski definition) is 1. The van der Waals surface area contributed by atoms with Crippen molar-refractivity contribution in [2.45, 2.75) is 45.4 Å². The van der Waals surface area contributed by atoms with E-state index in [-0.39, 0.29) is 11.4 Å². The van der Waals surface area contributed by atoms with Crippen LogP contribution in [0.15, 0.2) is 45.6 Å². The molecule has 0 unspecified atom stereocenters. The van der Waals surface area contributed by atoms with Gasteiger partial charge < -0.3 is 9.52 Å². The highest BCUT2D eigenvalue weighted by molar-refractivity contribution is 5.87. The lowest BCUT2D eigenvalue weighted by Crippen LogP contribution is -2.18. The fraction of sp³-hybridized carbons (Fsp3) is 0.318. The van der Waals surface area contributed by atoms with Crippen LogP contribution in [0.25, 0.3) is 11.0 Å². The molecule has 0 saturated carbocycles. The van der Waals surface area contributed by atoms with Crippen molar-refractivity contribution in [3.8, 4) is 5.75 Å². The van der Waals surface area contributed by atoms with Gasteiger partial charge in [0.25, 0.3) is 0 Å². The molecule has 128 valence electrons. The van der Waals surface area contributed by atoms with Crippen LogP contribution in [0, 0.1) is 0 Å². The minimum Gasteiger partial charge on any atom is -0.508 e. The molecule has 2 aromatic carbocycles. The Kier molecular flexibility index (Phi) is 4.08. The molecule has 0 saturated heterocycles. The van der Waals surface area contributed by atoms with Crippen LogP contribution < -0.4 is 5.63 Å². The lowest BCUT2D eigenvalue weighted by Gasteiger charge is -2.21. The maximum Gasteiger partial charge on any atom is 0.340 e. The van der Waals surface area contributed by atoms with Crippen LogP contribution in [0.3, 0.4) is 0 Å². The number of phenols is 1. The van der Waals surface area contributed by atoms with Gasteiger partial charge in [-0.05, 0) is 47.6 Å². The molecule has 3 heteroatoms. The fourth-order valence-electron chi connectivity index (χ4n) is 3.94. The molecular weight excluding hydrogens is 312 g/mol. The summed E-state index contributed by atoms with van der Waals surface area (Å²) in [5.74, 6) is 0.165. The normalized spacial score (nSPS) is 12.8. The van der Waals surface area contributed by atoms with Gasteiger partial charge in [0, 0.05) is 23.4 Å². The highest BCUT2D eigenvalue weighted by Gasteiger charge is 2.23. The Labute approximate surface area is 146 Å². The van der Waals surface area contributed by atoms with E-state index in [1.54, 1.807) is 6.07 Å². The third kappa shape index (κ3) is 2.84. The number of phenolic OH excluding ortho intramolecular Hbond substituents is 1. The molecule has 1 heterocycles. The SMILES string of the molecule is CCCCCc1cc(O)cc2oc(=O)c3c(c12)Cc1ccccc1C3. The molecule has 1 aromatic heterocycles. The van der Waals surface area contributed by atoms with E-state index in [0.29, 0.717) is 12.0 Å². The Morgan fingerprint density at radius 3 is 2.48 bits per heavy atom. The summed E-state index contributed by atoms with van der Waals surface area (Å²) in [5.41, 5.74) is 5.65. The number of unbranched alkanes of at least 4 members (excludes halogenated alkanes) is 2. The zero-order valence-corrected chi connectivity index (χ0v) is 14.5. The van der Waals surface area contributed by atoms with Gasteiger partial charge in [-0.25, -0.2) is 4.79 Å². The fourth-order valence-corrected chi connectivity index (χ4v) is 3.94. The van der Waals surface area contributed by atoms with Crippen molar-refractivity contribution in [3.05, 3.63) is 74.6 Å². The van der Waals surface area contributed by atoms with Crippen molar-refractivity contribution in [2.75, 3.05) is 0 Å². The van der Waals surface area contributed by atoms with Gasteiger partial charge in [-0.1, -0.05) is 44.0 Å². The molecule has 3 nitrogen and oxygen atoms in total. The molecule has 0 fully saturated rings. The lowest BCUT2D eigenvalue weighted by atomic mass is 9.84. The molecule has 0 radical (unpaired) electrons. The number of benzene rings is 2. The summed E-state index contributed by atoms with van der Waals surface area (Å²) in [6.07, 6.45) is 5.63. The molecule has 0 atom stereocenters. The monoisotopic (exact) mass is 334 g/mol. The topological polar surface area (TPSA) is 50.4 Å². The van der Waals surface area contributed by atoms with Crippen LogP contribution in [0.2, 0.25) is 0 Å². The first-order valence-corrected chi connectivity index (χ1v) is 9.04. The van der Waals surface area contributed by atoms with E-state index in [1.165, 1.54) is 11.1 Å². The number of aryl methyl sites for hydroxylation is 1. The van der Waals surface area contributed by atoms with Crippen molar-refractivity contribution >= 4 is 11.0 Å². The number of fused-ring (bicyclic) bond motifs is 4. The van der Waals surface area contributed by atoms with Crippen LogP contribution in [0.1, 0.15) is 54.0 Å². The average Bonchev–Trinajstić information content (AvgIpc) is 2.60. The van der Waals surface area contributed by atoms with E-state index in [0.717, 1.165) is 54.2 Å². The predicted molar refractivity (Wildman–Crippen MR) is 99.4 cm³/mol. The predicted octanol–water partition coefficient (Wildman–Crippen LogP) is 4.73. The third-order valence-electron chi connectivity index (χ3n) is 5.19. The minimum atomic E-state index is -0.276. The average molecular weight is 334 g/mol. The maximum atomic E-state index is 12.5. The highest BCUT2D eigenvalue weighted by atomic mass is 16.4. The second-order valence-corrected chi connectivity index (χ2v) is 6.90. The highest BCUT2D eigenvalue weighted by Crippen LogP contribution is 2.34. The lowest BCUT2D eigenvalue weighted by molar-refractivity contribution is 0.471. The van der Waals surface area contributed by atoms with E-state index in [1.807, 2.05) is 18.2 Å². The molecule has 1 aliphatic carbocycles. The van der Waals surface area contributed by atoms with Gasteiger partial charge in [0.15, 0.2) is 0 Å². The second-order valence-electron chi connectivity index (χ2n) is 6.90. The molecule has 4 rings (SSSR count). The van der Waals surface area contributed by atoms with Crippen molar-refractivity contribution in [3.63, 3.8) is 0 Å². The molecule has 0 aliphatic heterocycles. The summed E-state index contributed by atoms with van der Waals surface area (Å²) < 4.78 is 5.59. The quantitative estimate of drug-likeness (QED) is 0.434. The number of aromatic hydroxyl groups is 1. The summed E-state index contributed by atoms with van der Waals surface area (Å²) in [4.78, 5) is 12.5. The first kappa shape index (κ1) is 15.9. The van der Waals surface area contributed by atoms with Gasteiger partial charge in [0.2, 0.25) is 0 Å². The molecule has 0 amide bonds. The van der Waals surface area contributed by atoms with Crippen molar-refractivity contribution < 1.29 is 9.52 Å². The van der Waals surface area contributed by atoms with Gasteiger partial charge in [0.05, 0.1) is 0 Å². The summed E-state index contributed by atoms with van der Waals surface area (Å²) in [6, 6.07) is 11.7. The Morgan fingerprint density at radius 2 is 1.76 bits per heavy atom. The number of hydrogen-bond acceptors (Lipinski definition) is 3. The second kappa shape index (κ2) is 6.40. The van der Waals surface area contributed by atoms with Crippen LogP contribution >= 0.6 is 0 Å². The zero-order valence-electron chi connectivity index (χ0n) is 14.5. The van der Waals surface area contributed by atoms with Crippen LogP contribution in [0.5, 0.6) is 5.75 Å². The molecule has 1 aliphatic rings. The molecular formula is C22H22O3. The smallest absolute Gasteiger partial charge is 0.340 e. The van der Waals surface area contributed by atoms with Gasteiger partial charge in [-0.2, -0.15) is 0 Å². The first-order valence-electron chi connectivity index (χ1n) is 9.04. The van der Waals surface area contributed by atoms with Crippen LogP contribution in [0.4, 0.5) is 0 Å². The maximum absolute atomic E-state index is 12.5. The zero-order chi connectivity index (χ0) is 17.4. The molecule has 1 N–H and O–H groups in total. The summed E-state index contributed by atoms with van der Waals surface area (Å²) in [7, 11) is 0. The Morgan fingerprint density at radius 1 is 1.04 bits per heavy atom. The standard InChI is InChI=1S/C22H22O3/c1-2-3-4-9-16-10-17(23)13-20-21(16)18-11-14-7-5-6-8-15(14)12-19(18)22(24)25-20/h5-8,10,13,23H,2-4,9,11-12H2,1H3. The van der Waals surface area contributed by atoms with E-state index in [4.69, 9.17) is 4.42 Å². The largest absolute Gasteiger partial charge is 0.508 e. The van der Waals surface area contributed by atoms with E-state index >= 15 is 0 Å². The first-order chi connectivity index (χ1) is 12.2. The van der Waals surface area contributed by atoms with Crippen molar-refractivity contribution in [1.29, 1.82) is 0 Å². The van der Waals surface area contributed by atoms with Gasteiger partial charge >= 0.3 is 5.63 Å². The summed E-state index contributed by atoms with van der Waals surface area (Å²) >= 11 is 0. The summed E-state index contributed by atoms with van der Waals surface area (Å²) in [5, 5.41) is 11.1. The molecule has 0 bridgehead atoms.